The van der Waals surface area contributed by atoms with E-state index in [4.69, 9.17) is 5.73 Å². The van der Waals surface area contributed by atoms with Crippen LogP contribution in [0, 0.1) is 11.7 Å². The second-order valence-corrected chi connectivity index (χ2v) is 5.38. The van der Waals surface area contributed by atoms with Gasteiger partial charge < -0.3 is 11.1 Å². The minimum absolute atomic E-state index is 0.107. The summed E-state index contributed by atoms with van der Waals surface area (Å²) < 4.78 is 12.8. The lowest BCUT2D eigenvalue weighted by Gasteiger charge is -2.30. The third-order valence-electron chi connectivity index (χ3n) is 3.68. The van der Waals surface area contributed by atoms with E-state index >= 15 is 0 Å². The van der Waals surface area contributed by atoms with Gasteiger partial charge in [0.1, 0.15) is 5.82 Å². The number of nitrogens with zero attached hydrogens (tertiary/aromatic N) is 1. The summed E-state index contributed by atoms with van der Waals surface area (Å²) in [7, 11) is 0. The number of primary amides is 1. The van der Waals surface area contributed by atoms with Crippen molar-refractivity contribution in [3.8, 4) is 0 Å². The van der Waals surface area contributed by atoms with E-state index in [1.807, 2.05) is 4.90 Å². The molecule has 1 aliphatic heterocycles. The molecule has 1 heterocycles. The van der Waals surface area contributed by atoms with Crippen molar-refractivity contribution in [3.05, 3.63) is 35.6 Å². The van der Waals surface area contributed by atoms with Crippen molar-refractivity contribution in [1.29, 1.82) is 0 Å². The third kappa shape index (κ3) is 4.82. The number of amides is 2. The van der Waals surface area contributed by atoms with Crippen LogP contribution in [0.5, 0.6) is 0 Å². The van der Waals surface area contributed by atoms with E-state index in [1.54, 1.807) is 12.1 Å². The lowest BCUT2D eigenvalue weighted by Crippen LogP contribution is -2.45. The van der Waals surface area contributed by atoms with Gasteiger partial charge in [0, 0.05) is 13.1 Å². The van der Waals surface area contributed by atoms with Gasteiger partial charge in [-0.05, 0) is 37.1 Å². The van der Waals surface area contributed by atoms with Gasteiger partial charge in [0.2, 0.25) is 11.8 Å². The van der Waals surface area contributed by atoms with E-state index < -0.39 is 0 Å². The van der Waals surface area contributed by atoms with Crippen molar-refractivity contribution >= 4 is 11.8 Å². The van der Waals surface area contributed by atoms with Crippen LogP contribution in [0.25, 0.3) is 0 Å². The van der Waals surface area contributed by atoms with Crippen LogP contribution in [0.2, 0.25) is 0 Å². The summed E-state index contributed by atoms with van der Waals surface area (Å²) >= 11 is 0. The number of rotatable bonds is 5. The van der Waals surface area contributed by atoms with Gasteiger partial charge in [0.05, 0.1) is 12.5 Å². The Bertz CT molecular complexity index is 504. The van der Waals surface area contributed by atoms with Gasteiger partial charge in [-0.15, -0.1) is 0 Å². The normalized spacial score (nSPS) is 19.2. The molecule has 0 bridgehead atoms. The number of hydrogen-bond acceptors (Lipinski definition) is 3. The largest absolute Gasteiger partial charge is 0.369 e. The topological polar surface area (TPSA) is 75.4 Å². The maximum Gasteiger partial charge on any atom is 0.234 e. The van der Waals surface area contributed by atoms with Gasteiger partial charge in [-0.1, -0.05) is 12.1 Å². The number of halogens is 1. The molecule has 1 saturated heterocycles. The van der Waals surface area contributed by atoms with E-state index in [0.717, 1.165) is 24.9 Å². The fourth-order valence-electron chi connectivity index (χ4n) is 2.49. The summed E-state index contributed by atoms with van der Waals surface area (Å²) in [6.07, 6.45) is 1.67. The van der Waals surface area contributed by atoms with Crippen LogP contribution < -0.4 is 11.1 Å². The molecule has 0 saturated carbocycles. The Morgan fingerprint density at radius 2 is 2.05 bits per heavy atom. The zero-order valence-corrected chi connectivity index (χ0v) is 11.8. The van der Waals surface area contributed by atoms with Crippen LogP contribution in [0.15, 0.2) is 24.3 Å². The first kappa shape index (κ1) is 15.4. The first-order chi connectivity index (χ1) is 10.0. The second-order valence-electron chi connectivity index (χ2n) is 5.38. The van der Waals surface area contributed by atoms with Crippen LogP contribution >= 0.6 is 0 Å². The van der Waals surface area contributed by atoms with E-state index in [-0.39, 0.29) is 30.1 Å². The smallest absolute Gasteiger partial charge is 0.234 e. The summed E-state index contributed by atoms with van der Waals surface area (Å²) in [5.74, 6) is -0.865. The number of nitrogens with one attached hydrogen (secondary N) is 1. The van der Waals surface area contributed by atoms with Gasteiger partial charge in [0.25, 0.3) is 0 Å². The van der Waals surface area contributed by atoms with Gasteiger partial charge in [-0.3, -0.25) is 14.5 Å². The van der Waals surface area contributed by atoms with Crippen molar-refractivity contribution in [2.45, 2.75) is 19.4 Å². The summed E-state index contributed by atoms with van der Waals surface area (Å²) in [6.45, 7) is 1.96. The monoisotopic (exact) mass is 293 g/mol. The third-order valence-corrected chi connectivity index (χ3v) is 3.68. The summed E-state index contributed by atoms with van der Waals surface area (Å²) in [4.78, 5) is 25.0. The highest BCUT2D eigenvalue weighted by Gasteiger charge is 2.24. The number of piperidine rings is 1. The second kappa shape index (κ2) is 7.17. The molecule has 1 aliphatic rings. The number of likely N-dealkylation sites (tertiary alicyclic amines) is 1. The predicted molar refractivity (Wildman–Crippen MR) is 76.6 cm³/mol. The van der Waals surface area contributed by atoms with E-state index in [2.05, 4.69) is 5.32 Å². The quantitative estimate of drug-likeness (QED) is 0.836. The minimum atomic E-state index is -0.300. The average molecular weight is 293 g/mol. The molecule has 2 amide bonds. The Kier molecular flexibility index (Phi) is 5.27. The lowest BCUT2D eigenvalue weighted by atomic mass is 9.97. The summed E-state index contributed by atoms with van der Waals surface area (Å²) in [6, 6.07) is 6.01. The van der Waals surface area contributed by atoms with Crippen LogP contribution in [0.1, 0.15) is 18.4 Å². The maximum absolute atomic E-state index is 12.8. The Labute approximate surface area is 123 Å². The first-order valence-corrected chi connectivity index (χ1v) is 7.07. The molecule has 0 aliphatic carbocycles. The van der Waals surface area contributed by atoms with Gasteiger partial charge >= 0.3 is 0 Å². The molecule has 6 heteroatoms. The minimum Gasteiger partial charge on any atom is -0.369 e. The molecule has 0 unspecified atom stereocenters. The molecule has 5 nitrogen and oxygen atoms in total. The first-order valence-electron chi connectivity index (χ1n) is 7.07. The zero-order chi connectivity index (χ0) is 15.2. The SMILES string of the molecule is NC(=O)[C@H]1CCCN(CC(=O)NCc2ccc(F)cc2)C1. The van der Waals surface area contributed by atoms with E-state index in [9.17, 15) is 14.0 Å². The number of nitrogens with two attached hydrogens (primary N) is 1. The van der Waals surface area contributed by atoms with Crippen molar-refractivity contribution in [1.82, 2.24) is 10.2 Å². The molecule has 0 aromatic heterocycles. The van der Waals surface area contributed by atoms with Crippen LogP contribution in [-0.4, -0.2) is 36.3 Å². The van der Waals surface area contributed by atoms with E-state index in [0.29, 0.717) is 13.1 Å². The van der Waals surface area contributed by atoms with Gasteiger partial charge in [-0.2, -0.15) is 0 Å². The number of carbonyl (C=O) groups excluding carboxylic acids is 2. The van der Waals surface area contributed by atoms with E-state index in [1.165, 1.54) is 12.1 Å². The maximum atomic E-state index is 12.8. The van der Waals surface area contributed by atoms with Crippen molar-refractivity contribution < 1.29 is 14.0 Å². The highest BCUT2D eigenvalue weighted by Crippen LogP contribution is 2.15. The fraction of sp³-hybridized carbons (Fsp3) is 0.467. The molecule has 1 aromatic carbocycles. The Morgan fingerprint density at radius 3 is 2.71 bits per heavy atom. The zero-order valence-electron chi connectivity index (χ0n) is 11.8. The standard InChI is InChI=1S/C15H20FN3O2/c16-13-5-3-11(4-6-13)8-18-14(20)10-19-7-1-2-12(9-19)15(17)21/h3-6,12H,1-2,7-10H2,(H2,17,21)(H,18,20)/t12-/m0/s1. The number of carbonyl (C=O) groups is 2. The molecule has 21 heavy (non-hydrogen) atoms. The molecule has 3 N–H and O–H groups in total. The lowest BCUT2D eigenvalue weighted by molar-refractivity contribution is -0.126. The Balaban J connectivity index is 1.76. The van der Waals surface area contributed by atoms with Gasteiger partial charge in [0.15, 0.2) is 0 Å². The highest BCUT2D eigenvalue weighted by atomic mass is 19.1. The van der Waals surface area contributed by atoms with Crippen LogP contribution in [0.3, 0.4) is 0 Å². The molecular weight excluding hydrogens is 273 g/mol. The Morgan fingerprint density at radius 1 is 1.33 bits per heavy atom. The number of benzene rings is 1. The molecule has 2 rings (SSSR count). The number of hydrogen-bond donors (Lipinski definition) is 2. The van der Waals surface area contributed by atoms with Crippen molar-refractivity contribution in [2.75, 3.05) is 19.6 Å². The fourth-order valence-corrected chi connectivity index (χ4v) is 2.49. The average Bonchev–Trinajstić information content (AvgIpc) is 2.47. The van der Waals surface area contributed by atoms with Crippen LogP contribution in [-0.2, 0) is 16.1 Å². The predicted octanol–water partition coefficient (Wildman–Crippen LogP) is 0.639. The van der Waals surface area contributed by atoms with Crippen molar-refractivity contribution in [3.63, 3.8) is 0 Å². The Hall–Kier alpha value is -1.95. The summed E-state index contributed by atoms with van der Waals surface area (Å²) in [5.41, 5.74) is 6.16. The molecule has 114 valence electrons. The molecule has 1 aromatic rings. The molecule has 0 radical (unpaired) electrons. The van der Waals surface area contributed by atoms with Crippen LogP contribution in [0.4, 0.5) is 4.39 Å². The van der Waals surface area contributed by atoms with Gasteiger partial charge in [-0.25, -0.2) is 4.39 Å². The molecule has 1 fully saturated rings. The molecule has 1 atom stereocenters. The highest BCUT2D eigenvalue weighted by molar-refractivity contribution is 5.79. The van der Waals surface area contributed by atoms with Crippen molar-refractivity contribution in [2.24, 2.45) is 11.7 Å². The molecule has 0 spiro atoms. The molecular formula is C15H20FN3O2. The summed E-state index contributed by atoms with van der Waals surface area (Å²) in [5, 5.41) is 2.79.